The first-order chi connectivity index (χ1) is 14.7. The SMILES string of the molecule is Cc1cc(C)c(C(=O)CC2(O)C(=O)N(Cc3ccc(F)cc3)c3ccccc32)c(C)c1. The Balaban J connectivity index is 1.70. The van der Waals surface area contributed by atoms with Crippen LogP contribution in [0, 0.1) is 26.6 Å². The third-order valence-electron chi connectivity index (χ3n) is 5.87. The molecule has 1 atom stereocenters. The molecule has 0 spiro atoms. The summed E-state index contributed by atoms with van der Waals surface area (Å²) in [7, 11) is 0. The van der Waals surface area contributed by atoms with Crippen LogP contribution < -0.4 is 4.90 Å². The summed E-state index contributed by atoms with van der Waals surface area (Å²) in [5.41, 5.74) is 3.00. The van der Waals surface area contributed by atoms with Crippen molar-refractivity contribution in [2.45, 2.75) is 39.3 Å². The molecule has 1 aliphatic heterocycles. The smallest absolute Gasteiger partial charge is 0.264 e. The molecule has 0 saturated carbocycles. The first-order valence-electron chi connectivity index (χ1n) is 10.2. The number of hydrogen-bond donors (Lipinski definition) is 1. The van der Waals surface area contributed by atoms with Crippen molar-refractivity contribution >= 4 is 17.4 Å². The lowest BCUT2D eigenvalue weighted by Crippen LogP contribution is -2.41. The molecule has 0 fully saturated rings. The van der Waals surface area contributed by atoms with Gasteiger partial charge >= 0.3 is 0 Å². The van der Waals surface area contributed by atoms with Gasteiger partial charge in [0.15, 0.2) is 11.4 Å². The van der Waals surface area contributed by atoms with Gasteiger partial charge in [0.1, 0.15) is 5.82 Å². The molecule has 4 nitrogen and oxygen atoms in total. The van der Waals surface area contributed by atoms with Crippen LogP contribution in [0.5, 0.6) is 0 Å². The number of aliphatic hydroxyl groups is 1. The molecule has 5 heteroatoms. The van der Waals surface area contributed by atoms with E-state index in [0.717, 1.165) is 22.3 Å². The van der Waals surface area contributed by atoms with Crippen molar-refractivity contribution in [2.75, 3.05) is 4.90 Å². The van der Waals surface area contributed by atoms with Gasteiger partial charge in [0.2, 0.25) is 0 Å². The quantitative estimate of drug-likeness (QED) is 0.609. The maximum absolute atomic E-state index is 13.4. The molecule has 0 aliphatic carbocycles. The zero-order valence-electron chi connectivity index (χ0n) is 17.8. The van der Waals surface area contributed by atoms with Crippen LogP contribution in [0.3, 0.4) is 0 Å². The Morgan fingerprint density at radius 2 is 1.61 bits per heavy atom. The first kappa shape index (κ1) is 20.9. The normalized spacial score (nSPS) is 17.7. The Morgan fingerprint density at radius 1 is 1.00 bits per heavy atom. The van der Waals surface area contributed by atoms with Crippen molar-refractivity contribution in [3.05, 3.63) is 99.9 Å². The molecule has 0 saturated heterocycles. The molecule has 158 valence electrons. The molecular weight excluding hydrogens is 393 g/mol. The molecule has 1 heterocycles. The van der Waals surface area contributed by atoms with Gasteiger partial charge in [-0.25, -0.2) is 4.39 Å². The van der Waals surface area contributed by atoms with E-state index in [1.807, 2.05) is 32.9 Å². The van der Waals surface area contributed by atoms with Gasteiger partial charge in [0, 0.05) is 11.1 Å². The summed E-state index contributed by atoms with van der Waals surface area (Å²) in [6.45, 7) is 5.87. The number of Topliss-reactive ketones (excluding diaryl/α,β-unsaturated/α-hetero) is 1. The summed E-state index contributed by atoms with van der Waals surface area (Å²) in [5.74, 6) is -1.18. The number of fused-ring (bicyclic) bond motifs is 1. The second kappa shape index (κ2) is 7.75. The van der Waals surface area contributed by atoms with Gasteiger partial charge in [-0.2, -0.15) is 0 Å². The number of hydrogen-bond acceptors (Lipinski definition) is 3. The lowest BCUT2D eigenvalue weighted by atomic mass is 9.85. The Labute approximate surface area is 181 Å². The number of anilines is 1. The van der Waals surface area contributed by atoms with Gasteiger partial charge in [0.25, 0.3) is 5.91 Å². The molecular formula is C26H24FNO3. The number of carbonyl (C=O) groups is 2. The minimum absolute atomic E-state index is 0.176. The molecule has 1 amide bonds. The summed E-state index contributed by atoms with van der Waals surface area (Å²) in [6.07, 6.45) is -0.340. The van der Waals surface area contributed by atoms with Crippen molar-refractivity contribution < 1.29 is 19.1 Å². The average Bonchev–Trinajstić information content (AvgIpc) is 2.91. The largest absolute Gasteiger partial charge is 0.375 e. The predicted molar refractivity (Wildman–Crippen MR) is 118 cm³/mol. The minimum Gasteiger partial charge on any atom is -0.375 e. The second-order valence-corrected chi connectivity index (χ2v) is 8.27. The molecule has 0 radical (unpaired) electrons. The summed E-state index contributed by atoms with van der Waals surface area (Å²) < 4.78 is 13.3. The molecule has 3 aromatic rings. The van der Waals surface area contributed by atoms with Gasteiger partial charge in [-0.05, 0) is 55.7 Å². The lowest BCUT2D eigenvalue weighted by molar-refractivity contribution is -0.136. The third-order valence-corrected chi connectivity index (χ3v) is 5.87. The van der Waals surface area contributed by atoms with Crippen LogP contribution in [-0.4, -0.2) is 16.8 Å². The molecule has 0 aromatic heterocycles. The standard InChI is InChI=1S/C26H24FNO3/c1-16-12-17(2)24(18(3)13-16)23(29)14-26(31)21-6-4-5-7-22(21)28(25(26)30)15-19-8-10-20(27)11-9-19/h4-13,31H,14-15H2,1-3H3. The average molecular weight is 417 g/mol. The highest BCUT2D eigenvalue weighted by atomic mass is 19.1. The van der Waals surface area contributed by atoms with Crippen LogP contribution in [0.15, 0.2) is 60.7 Å². The molecule has 1 aliphatic rings. The molecule has 31 heavy (non-hydrogen) atoms. The summed E-state index contributed by atoms with van der Waals surface area (Å²) in [5, 5.41) is 11.5. The fourth-order valence-corrected chi connectivity index (χ4v) is 4.55. The number of ketones is 1. The predicted octanol–water partition coefficient (Wildman–Crippen LogP) is 4.76. The van der Waals surface area contributed by atoms with Gasteiger partial charge in [0.05, 0.1) is 18.7 Å². The van der Waals surface area contributed by atoms with E-state index >= 15 is 0 Å². The second-order valence-electron chi connectivity index (χ2n) is 8.27. The maximum atomic E-state index is 13.4. The molecule has 1 N–H and O–H groups in total. The van der Waals surface area contributed by atoms with Crippen LogP contribution >= 0.6 is 0 Å². The number of rotatable bonds is 5. The number of nitrogens with zero attached hydrogens (tertiary/aromatic N) is 1. The zero-order valence-corrected chi connectivity index (χ0v) is 17.8. The van der Waals surface area contributed by atoms with Crippen molar-refractivity contribution in [1.29, 1.82) is 0 Å². The van der Waals surface area contributed by atoms with Crippen LogP contribution in [0.2, 0.25) is 0 Å². The Morgan fingerprint density at radius 3 is 2.26 bits per heavy atom. The molecule has 0 bridgehead atoms. The zero-order chi connectivity index (χ0) is 22.3. The highest BCUT2D eigenvalue weighted by molar-refractivity contribution is 6.11. The van der Waals surface area contributed by atoms with Crippen molar-refractivity contribution in [3.63, 3.8) is 0 Å². The van der Waals surface area contributed by atoms with E-state index in [0.29, 0.717) is 16.8 Å². The Hall–Kier alpha value is -3.31. The summed E-state index contributed by atoms with van der Waals surface area (Å²) in [6, 6.07) is 16.7. The fourth-order valence-electron chi connectivity index (χ4n) is 4.55. The van der Waals surface area contributed by atoms with Crippen LogP contribution in [0.4, 0.5) is 10.1 Å². The number of aryl methyl sites for hydroxylation is 3. The van der Waals surface area contributed by atoms with Crippen LogP contribution in [0.25, 0.3) is 0 Å². The number of benzene rings is 3. The number of para-hydroxylation sites is 1. The van der Waals surface area contributed by atoms with E-state index in [9.17, 15) is 19.1 Å². The van der Waals surface area contributed by atoms with E-state index in [1.165, 1.54) is 17.0 Å². The number of amides is 1. The molecule has 4 rings (SSSR count). The van der Waals surface area contributed by atoms with Crippen LogP contribution in [-0.2, 0) is 16.9 Å². The minimum atomic E-state index is -1.95. The van der Waals surface area contributed by atoms with Crippen molar-refractivity contribution in [3.8, 4) is 0 Å². The third kappa shape index (κ3) is 3.66. The van der Waals surface area contributed by atoms with Gasteiger partial charge < -0.3 is 10.0 Å². The number of halogens is 1. The van der Waals surface area contributed by atoms with Crippen LogP contribution in [0.1, 0.15) is 44.6 Å². The first-order valence-corrected chi connectivity index (χ1v) is 10.2. The van der Waals surface area contributed by atoms with E-state index in [-0.39, 0.29) is 24.6 Å². The van der Waals surface area contributed by atoms with E-state index in [2.05, 4.69) is 0 Å². The Bertz CT molecular complexity index is 1160. The Kier molecular flexibility index (Phi) is 5.23. The van der Waals surface area contributed by atoms with E-state index < -0.39 is 11.5 Å². The summed E-state index contributed by atoms with van der Waals surface area (Å²) >= 11 is 0. The molecule has 3 aromatic carbocycles. The van der Waals surface area contributed by atoms with E-state index in [4.69, 9.17) is 0 Å². The fraction of sp³-hybridized carbons (Fsp3) is 0.231. The van der Waals surface area contributed by atoms with Crippen molar-refractivity contribution in [2.24, 2.45) is 0 Å². The molecule has 1 unspecified atom stereocenters. The topological polar surface area (TPSA) is 57.6 Å². The van der Waals surface area contributed by atoms with Gasteiger partial charge in [-0.1, -0.05) is 48.0 Å². The monoisotopic (exact) mass is 417 g/mol. The van der Waals surface area contributed by atoms with E-state index in [1.54, 1.807) is 36.4 Å². The summed E-state index contributed by atoms with van der Waals surface area (Å²) in [4.78, 5) is 28.1. The maximum Gasteiger partial charge on any atom is 0.264 e. The number of carbonyl (C=O) groups excluding carboxylic acids is 2. The highest BCUT2D eigenvalue weighted by Crippen LogP contribution is 2.43. The highest BCUT2D eigenvalue weighted by Gasteiger charge is 2.50. The lowest BCUT2D eigenvalue weighted by Gasteiger charge is -2.23. The van der Waals surface area contributed by atoms with Gasteiger partial charge in [-0.15, -0.1) is 0 Å². The van der Waals surface area contributed by atoms with Crippen molar-refractivity contribution in [1.82, 2.24) is 0 Å². The van der Waals surface area contributed by atoms with Gasteiger partial charge in [-0.3, -0.25) is 9.59 Å².